The Morgan fingerprint density at radius 1 is 0.902 bits per heavy atom. The molecule has 1 heterocycles. The van der Waals surface area contributed by atoms with Gasteiger partial charge in [-0.1, -0.05) is 12.1 Å². The molecule has 0 radical (unpaired) electrons. The summed E-state index contributed by atoms with van der Waals surface area (Å²) in [6.07, 6.45) is -0.292. The van der Waals surface area contributed by atoms with Gasteiger partial charge in [-0.05, 0) is 72.6 Å². The lowest BCUT2D eigenvalue weighted by Crippen LogP contribution is -2.46. The molecule has 1 saturated heterocycles. The van der Waals surface area contributed by atoms with Crippen LogP contribution in [-0.2, 0) is 40.9 Å². The van der Waals surface area contributed by atoms with Crippen LogP contribution in [0.5, 0.6) is 11.5 Å². The van der Waals surface area contributed by atoms with Gasteiger partial charge in [0.2, 0.25) is 26.0 Å². The van der Waals surface area contributed by atoms with Gasteiger partial charge in [-0.2, -0.15) is 4.31 Å². The van der Waals surface area contributed by atoms with Crippen molar-refractivity contribution >= 4 is 43.5 Å². The highest BCUT2D eigenvalue weighted by molar-refractivity contribution is 7.89. The van der Waals surface area contributed by atoms with Gasteiger partial charge in [0.1, 0.15) is 17.5 Å². The molecule has 0 aromatic heterocycles. The number of nitrogens with zero attached hydrogens (tertiary/aromatic N) is 2. The molecule has 0 aliphatic carbocycles. The zero-order valence-corrected chi connectivity index (χ0v) is 23.7. The van der Waals surface area contributed by atoms with E-state index in [0.29, 0.717) is 11.3 Å². The van der Waals surface area contributed by atoms with Crippen molar-refractivity contribution in [2.75, 3.05) is 18.6 Å². The van der Waals surface area contributed by atoms with Crippen molar-refractivity contribution in [2.45, 2.75) is 35.6 Å². The van der Waals surface area contributed by atoms with E-state index in [2.05, 4.69) is 0 Å². The lowest BCUT2D eigenvalue weighted by molar-refractivity contribution is -0.132. The fourth-order valence-corrected chi connectivity index (χ4v) is 6.45. The molecule has 14 heteroatoms. The van der Waals surface area contributed by atoms with Crippen LogP contribution in [0.2, 0.25) is 0 Å². The molecule has 1 aliphatic heterocycles. The topological polar surface area (TPSA) is 170 Å². The third-order valence-electron chi connectivity index (χ3n) is 6.37. The van der Waals surface area contributed by atoms with E-state index in [0.717, 1.165) is 9.21 Å². The van der Waals surface area contributed by atoms with Crippen molar-refractivity contribution in [1.29, 1.82) is 0 Å². The summed E-state index contributed by atoms with van der Waals surface area (Å²) in [4.78, 5) is 38.5. The van der Waals surface area contributed by atoms with Gasteiger partial charge in [-0.25, -0.2) is 26.9 Å². The van der Waals surface area contributed by atoms with Crippen molar-refractivity contribution < 1.29 is 40.7 Å². The fraction of sp³-hybridized carbons (Fsp3) is 0.222. The number of esters is 1. The van der Waals surface area contributed by atoms with Crippen molar-refractivity contribution in [3.05, 3.63) is 78.4 Å². The average Bonchev–Trinajstić information content (AvgIpc) is 3.21. The Hall–Kier alpha value is -4.11. The van der Waals surface area contributed by atoms with Gasteiger partial charge in [0.15, 0.2) is 0 Å². The van der Waals surface area contributed by atoms with Gasteiger partial charge in [0, 0.05) is 13.5 Å². The van der Waals surface area contributed by atoms with Crippen LogP contribution in [0.3, 0.4) is 0 Å². The first-order chi connectivity index (χ1) is 19.3. The monoisotopic (exact) mass is 601 g/mol. The summed E-state index contributed by atoms with van der Waals surface area (Å²) < 4.78 is 61.9. The summed E-state index contributed by atoms with van der Waals surface area (Å²) >= 11 is 0. The summed E-state index contributed by atoms with van der Waals surface area (Å²) in [6, 6.07) is 15.6. The molecule has 12 nitrogen and oxygen atoms in total. The van der Waals surface area contributed by atoms with Crippen LogP contribution in [0.1, 0.15) is 18.9 Å². The zero-order chi connectivity index (χ0) is 29.9. The molecule has 2 N–H and O–H groups in total. The number of imide groups is 1. The maximum Gasteiger partial charge on any atom is 0.308 e. The van der Waals surface area contributed by atoms with Crippen LogP contribution in [0.4, 0.5) is 5.69 Å². The molecule has 216 valence electrons. The number of carbonyl (C=O) groups excluding carboxylic acids is 3. The number of nitrogens with two attached hydrogens (primary N) is 1. The molecular weight excluding hydrogens is 574 g/mol. The fourth-order valence-electron chi connectivity index (χ4n) is 4.35. The van der Waals surface area contributed by atoms with E-state index in [1.54, 1.807) is 0 Å². The van der Waals surface area contributed by atoms with Crippen molar-refractivity contribution in [1.82, 2.24) is 4.31 Å². The van der Waals surface area contributed by atoms with E-state index in [-0.39, 0.29) is 34.2 Å². The minimum atomic E-state index is -4.29. The largest absolute Gasteiger partial charge is 0.497 e. The Labute approximate surface area is 237 Å². The Morgan fingerprint density at radius 2 is 1.46 bits per heavy atom. The SMILES string of the molecule is COc1ccc(S(=O)(=O)N(CCc2ccc(S(N)(=O)=O)cc2)C2CC(=O)N(c3ccc(OC(C)=O)cc3)C2=O)cc1. The van der Waals surface area contributed by atoms with Gasteiger partial charge in [0.25, 0.3) is 5.91 Å². The third-order valence-corrected chi connectivity index (χ3v) is 9.22. The molecule has 3 aromatic carbocycles. The maximum atomic E-state index is 13.8. The number of ether oxygens (including phenoxy) is 2. The first-order valence-electron chi connectivity index (χ1n) is 12.2. The Balaban J connectivity index is 1.66. The molecule has 1 atom stereocenters. The smallest absolute Gasteiger partial charge is 0.308 e. The van der Waals surface area contributed by atoms with Gasteiger partial charge < -0.3 is 9.47 Å². The number of anilines is 1. The number of sulfonamides is 2. The number of hydrogen-bond acceptors (Lipinski definition) is 9. The Kier molecular flexibility index (Phi) is 8.58. The molecule has 1 unspecified atom stereocenters. The quantitative estimate of drug-likeness (QED) is 0.207. The van der Waals surface area contributed by atoms with E-state index >= 15 is 0 Å². The second-order valence-electron chi connectivity index (χ2n) is 9.11. The van der Waals surface area contributed by atoms with Crippen LogP contribution in [-0.4, -0.2) is 58.6 Å². The third kappa shape index (κ3) is 6.62. The number of methoxy groups -OCH3 is 1. The predicted octanol–water partition coefficient (Wildman–Crippen LogP) is 1.83. The number of carbonyl (C=O) groups is 3. The van der Waals surface area contributed by atoms with Gasteiger partial charge >= 0.3 is 5.97 Å². The number of rotatable bonds is 10. The second kappa shape index (κ2) is 11.8. The average molecular weight is 602 g/mol. The zero-order valence-electron chi connectivity index (χ0n) is 22.1. The molecule has 0 spiro atoms. The molecule has 3 aromatic rings. The first kappa shape index (κ1) is 29.9. The lowest BCUT2D eigenvalue weighted by Gasteiger charge is -2.27. The van der Waals surface area contributed by atoms with Crippen LogP contribution in [0.15, 0.2) is 82.6 Å². The molecular formula is C27H27N3O9S2. The minimum Gasteiger partial charge on any atom is -0.497 e. The van der Waals surface area contributed by atoms with Crippen molar-refractivity contribution in [3.63, 3.8) is 0 Å². The normalized spacial score (nSPS) is 15.8. The number of primary sulfonamides is 1. The minimum absolute atomic E-state index is 0.101. The van der Waals surface area contributed by atoms with Crippen LogP contribution < -0.4 is 19.5 Å². The molecule has 2 amide bonds. The maximum absolute atomic E-state index is 13.8. The highest BCUT2D eigenvalue weighted by atomic mass is 32.2. The molecule has 41 heavy (non-hydrogen) atoms. The second-order valence-corrected chi connectivity index (χ2v) is 12.6. The molecule has 0 saturated carbocycles. The number of amides is 2. The predicted molar refractivity (Wildman–Crippen MR) is 147 cm³/mol. The van der Waals surface area contributed by atoms with Gasteiger partial charge in [-0.3, -0.25) is 14.4 Å². The van der Waals surface area contributed by atoms with Crippen molar-refractivity contribution in [3.8, 4) is 11.5 Å². The van der Waals surface area contributed by atoms with Crippen LogP contribution in [0, 0.1) is 0 Å². The van der Waals surface area contributed by atoms with E-state index < -0.39 is 50.3 Å². The van der Waals surface area contributed by atoms with E-state index in [9.17, 15) is 31.2 Å². The summed E-state index contributed by atoms with van der Waals surface area (Å²) in [5.41, 5.74) is 0.779. The molecule has 4 rings (SSSR count). The highest BCUT2D eigenvalue weighted by Crippen LogP contribution is 2.31. The molecule has 1 aliphatic rings. The molecule has 1 fully saturated rings. The standard InChI is InChI=1S/C27H27N3O9S2/c1-18(31)39-22-7-5-20(6-8-22)30-26(32)17-25(27(30)33)29(41(36,37)24-13-9-21(38-2)10-14-24)16-15-19-3-11-23(12-4-19)40(28,34)35/h3-14,25H,15-17H2,1-2H3,(H2,28,34,35). The van der Waals surface area contributed by atoms with Crippen molar-refractivity contribution in [2.24, 2.45) is 5.14 Å². The van der Waals surface area contributed by atoms with E-state index in [4.69, 9.17) is 14.6 Å². The number of hydrogen-bond donors (Lipinski definition) is 1. The van der Waals surface area contributed by atoms with Crippen LogP contribution >= 0.6 is 0 Å². The van der Waals surface area contributed by atoms with Gasteiger partial charge in [-0.15, -0.1) is 0 Å². The summed E-state index contributed by atoms with van der Waals surface area (Å²) in [6.45, 7) is 1.05. The highest BCUT2D eigenvalue weighted by Gasteiger charge is 2.46. The lowest BCUT2D eigenvalue weighted by atomic mass is 10.1. The first-order valence-corrected chi connectivity index (χ1v) is 15.2. The molecule has 0 bridgehead atoms. The van der Waals surface area contributed by atoms with E-state index in [1.807, 2.05) is 0 Å². The Bertz CT molecular complexity index is 1670. The summed E-state index contributed by atoms with van der Waals surface area (Å²) in [7, 11) is -6.76. The van der Waals surface area contributed by atoms with E-state index in [1.165, 1.54) is 86.8 Å². The van der Waals surface area contributed by atoms with Crippen LogP contribution in [0.25, 0.3) is 0 Å². The number of benzene rings is 3. The van der Waals surface area contributed by atoms with Gasteiger partial charge in [0.05, 0.1) is 29.0 Å². The summed E-state index contributed by atoms with van der Waals surface area (Å²) in [5.74, 6) is -1.23. The summed E-state index contributed by atoms with van der Waals surface area (Å²) in [5, 5.41) is 5.15. The Morgan fingerprint density at radius 3 is 2.00 bits per heavy atom.